The lowest BCUT2D eigenvalue weighted by atomic mass is 10.2. The highest BCUT2D eigenvalue weighted by Gasteiger charge is 2.08. The zero-order chi connectivity index (χ0) is 13.1. The predicted octanol–water partition coefficient (Wildman–Crippen LogP) is 3.58. The van der Waals surface area contributed by atoms with E-state index in [1.54, 1.807) is 17.4 Å². The van der Waals surface area contributed by atoms with Gasteiger partial charge in [-0.2, -0.15) is 0 Å². The van der Waals surface area contributed by atoms with E-state index in [2.05, 4.69) is 21.2 Å². The molecule has 3 nitrogen and oxygen atoms in total. The molecule has 3 N–H and O–H groups in total. The largest absolute Gasteiger partial charge is 0.397 e. The minimum Gasteiger partial charge on any atom is -0.397 e. The fourth-order valence-electron chi connectivity index (χ4n) is 1.58. The molecule has 2 rings (SSSR count). The molecule has 0 atom stereocenters. The molecule has 0 radical (unpaired) electrons. The third-order valence-corrected chi connectivity index (χ3v) is 4.07. The van der Waals surface area contributed by atoms with Crippen LogP contribution in [0, 0.1) is 6.92 Å². The monoisotopic (exact) mass is 324 g/mol. The van der Waals surface area contributed by atoms with E-state index in [1.165, 1.54) is 0 Å². The van der Waals surface area contributed by atoms with E-state index < -0.39 is 0 Å². The first-order valence-corrected chi connectivity index (χ1v) is 7.06. The molecule has 0 bridgehead atoms. The molecule has 1 aromatic heterocycles. The maximum absolute atomic E-state index is 11.9. The van der Waals surface area contributed by atoms with Crippen molar-refractivity contribution in [3.05, 3.63) is 44.6 Å². The second-order valence-electron chi connectivity index (χ2n) is 4.02. The van der Waals surface area contributed by atoms with Gasteiger partial charge in [0.25, 0.3) is 0 Å². The number of hydrogen-bond donors (Lipinski definition) is 2. The Kier molecular flexibility index (Phi) is 4.04. The first-order chi connectivity index (χ1) is 8.54. The van der Waals surface area contributed by atoms with Crippen molar-refractivity contribution in [3.8, 4) is 0 Å². The normalized spacial score (nSPS) is 10.3. The molecular formula is C13H13BrN2OS. The number of nitrogens with two attached hydrogens (primary N) is 1. The van der Waals surface area contributed by atoms with Crippen LogP contribution in [0.2, 0.25) is 0 Å². The standard InChI is InChI=1S/C13H13BrN2OS/c1-8-2-4-10(15)11(6-8)16-13(17)7-9-3-5-12(14)18-9/h2-6H,7,15H2,1H3,(H,16,17). The summed E-state index contributed by atoms with van der Waals surface area (Å²) >= 11 is 4.94. The summed E-state index contributed by atoms with van der Waals surface area (Å²) in [5, 5.41) is 2.84. The molecule has 0 spiro atoms. The summed E-state index contributed by atoms with van der Waals surface area (Å²) in [7, 11) is 0. The number of rotatable bonds is 3. The van der Waals surface area contributed by atoms with Gasteiger partial charge in [0.2, 0.25) is 5.91 Å². The van der Waals surface area contributed by atoms with Crippen LogP contribution in [-0.2, 0) is 11.2 Å². The van der Waals surface area contributed by atoms with Gasteiger partial charge in [0.05, 0.1) is 21.6 Å². The van der Waals surface area contributed by atoms with Crippen LogP contribution >= 0.6 is 27.3 Å². The van der Waals surface area contributed by atoms with Crippen LogP contribution in [0.4, 0.5) is 11.4 Å². The van der Waals surface area contributed by atoms with Crippen LogP contribution in [0.15, 0.2) is 34.1 Å². The molecule has 0 fully saturated rings. The van der Waals surface area contributed by atoms with Gasteiger partial charge in [-0.15, -0.1) is 11.3 Å². The number of hydrogen-bond acceptors (Lipinski definition) is 3. The van der Waals surface area contributed by atoms with Gasteiger partial charge in [0.1, 0.15) is 0 Å². The van der Waals surface area contributed by atoms with Gasteiger partial charge in [-0.05, 0) is 52.7 Å². The minimum absolute atomic E-state index is 0.0540. The number of carbonyl (C=O) groups excluding carboxylic acids is 1. The highest BCUT2D eigenvalue weighted by atomic mass is 79.9. The van der Waals surface area contributed by atoms with Crippen molar-refractivity contribution in [1.29, 1.82) is 0 Å². The Morgan fingerprint density at radius 1 is 1.39 bits per heavy atom. The molecule has 0 unspecified atom stereocenters. The van der Waals surface area contributed by atoms with E-state index in [4.69, 9.17) is 5.73 Å². The fraction of sp³-hybridized carbons (Fsp3) is 0.154. The van der Waals surface area contributed by atoms with Crippen molar-refractivity contribution in [3.63, 3.8) is 0 Å². The van der Waals surface area contributed by atoms with Crippen LogP contribution in [0.5, 0.6) is 0 Å². The summed E-state index contributed by atoms with van der Waals surface area (Å²) in [5.74, 6) is -0.0540. The minimum atomic E-state index is -0.0540. The van der Waals surface area contributed by atoms with Crippen molar-refractivity contribution >= 4 is 44.5 Å². The lowest BCUT2D eigenvalue weighted by Crippen LogP contribution is -2.14. The molecular weight excluding hydrogens is 312 g/mol. The van der Waals surface area contributed by atoms with E-state index in [-0.39, 0.29) is 5.91 Å². The summed E-state index contributed by atoms with van der Waals surface area (Å²) in [4.78, 5) is 12.9. The summed E-state index contributed by atoms with van der Waals surface area (Å²) in [6.45, 7) is 1.96. The van der Waals surface area contributed by atoms with Crippen molar-refractivity contribution < 1.29 is 4.79 Å². The summed E-state index contributed by atoms with van der Waals surface area (Å²) in [5.41, 5.74) is 8.14. The molecule has 1 aromatic carbocycles. The zero-order valence-electron chi connectivity index (χ0n) is 9.87. The van der Waals surface area contributed by atoms with Crippen LogP contribution < -0.4 is 11.1 Å². The first kappa shape index (κ1) is 13.1. The van der Waals surface area contributed by atoms with E-state index in [9.17, 15) is 4.79 Å². The fourth-order valence-corrected chi connectivity index (χ4v) is 3.06. The molecule has 0 aliphatic carbocycles. The number of halogens is 1. The average molecular weight is 325 g/mol. The molecule has 2 aromatic rings. The van der Waals surface area contributed by atoms with Crippen LogP contribution in [0.1, 0.15) is 10.4 Å². The Morgan fingerprint density at radius 3 is 2.83 bits per heavy atom. The Morgan fingerprint density at radius 2 is 2.17 bits per heavy atom. The molecule has 0 saturated heterocycles. The quantitative estimate of drug-likeness (QED) is 0.848. The molecule has 5 heteroatoms. The van der Waals surface area contributed by atoms with Gasteiger partial charge in [-0.3, -0.25) is 4.79 Å². The average Bonchev–Trinajstić information content (AvgIpc) is 2.69. The Hall–Kier alpha value is -1.33. The summed E-state index contributed by atoms with van der Waals surface area (Å²) in [6, 6.07) is 9.47. The number of nitrogens with one attached hydrogen (secondary N) is 1. The lowest BCUT2D eigenvalue weighted by Gasteiger charge is -2.08. The van der Waals surface area contributed by atoms with Gasteiger partial charge < -0.3 is 11.1 Å². The van der Waals surface area contributed by atoms with Crippen molar-refractivity contribution in [2.75, 3.05) is 11.1 Å². The van der Waals surface area contributed by atoms with E-state index in [0.29, 0.717) is 17.8 Å². The molecule has 94 valence electrons. The second-order valence-corrected chi connectivity index (χ2v) is 6.57. The summed E-state index contributed by atoms with van der Waals surface area (Å²) < 4.78 is 1.03. The molecule has 1 heterocycles. The van der Waals surface area contributed by atoms with Gasteiger partial charge in [-0.1, -0.05) is 6.07 Å². The van der Waals surface area contributed by atoms with Crippen molar-refractivity contribution in [2.45, 2.75) is 13.3 Å². The third kappa shape index (κ3) is 3.34. The van der Waals surface area contributed by atoms with Crippen LogP contribution in [0.3, 0.4) is 0 Å². The molecule has 0 aliphatic heterocycles. The molecule has 1 amide bonds. The van der Waals surface area contributed by atoms with Crippen LogP contribution in [-0.4, -0.2) is 5.91 Å². The van der Waals surface area contributed by atoms with Crippen LogP contribution in [0.25, 0.3) is 0 Å². The highest BCUT2D eigenvalue weighted by molar-refractivity contribution is 9.11. The van der Waals surface area contributed by atoms with Crippen molar-refractivity contribution in [2.24, 2.45) is 0 Å². The number of benzene rings is 1. The smallest absolute Gasteiger partial charge is 0.229 e. The number of thiophene rings is 1. The summed E-state index contributed by atoms with van der Waals surface area (Å²) in [6.07, 6.45) is 0.365. The lowest BCUT2D eigenvalue weighted by molar-refractivity contribution is -0.115. The molecule has 0 aliphatic rings. The van der Waals surface area contributed by atoms with E-state index in [1.807, 2.05) is 31.2 Å². The maximum atomic E-state index is 11.9. The van der Waals surface area contributed by atoms with Gasteiger partial charge in [0.15, 0.2) is 0 Å². The SMILES string of the molecule is Cc1ccc(N)c(NC(=O)Cc2ccc(Br)s2)c1. The Bertz CT molecular complexity index is 580. The predicted molar refractivity (Wildman–Crippen MR) is 79.9 cm³/mol. The first-order valence-electron chi connectivity index (χ1n) is 5.45. The van der Waals surface area contributed by atoms with E-state index >= 15 is 0 Å². The Balaban J connectivity index is 2.05. The number of aryl methyl sites for hydroxylation is 1. The number of nitrogen functional groups attached to an aromatic ring is 1. The van der Waals surface area contributed by atoms with Gasteiger partial charge >= 0.3 is 0 Å². The Labute approximate surface area is 118 Å². The highest BCUT2D eigenvalue weighted by Crippen LogP contribution is 2.24. The molecule has 18 heavy (non-hydrogen) atoms. The topological polar surface area (TPSA) is 55.1 Å². The third-order valence-electron chi connectivity index (χ3n) is 2.45. The van der Waals surface area contributed by atoms with Crippen molar-refractivity contribution in [1.82, 2.24) is 0 Å². The van der Waals surface area contributed by atoms with Gasteiger partial charge in [-0.25, -0.2) is 0 Å². The second kappa shape index (κ2) is 5.54. The maximum Gasteiger partial charge on any atom is 0.229 e. The van der Waals surface area contributed by atoms with E-state index in [0.717, 1.165) is 14.2 Å². The van der Waals surface area contributed by atoms with Gasteiger partial charge in [0, 0.05) is 4.88 Å². The zero-order valence-corrected chi connectivity index (χ0v) is 12.3. The number of anilines is 2. The molecule has 0 saturated carbocycles. The number of carbonyl (C=O) groups is 1. The number of amides is 1.